The quantitative estimate of drug-likeness (QED) is 0.816. The number of anilines is 1. The molecule has 1 fully saturated rings. The maximum Gasteiger partial charge on any atom is 0.205 e. The highest BCUT2D eigenvalue weighted by atomic mass is 16.5. The normalized spacial score (nSPS) is 15.8. The van der Waals surface area contributed by atoms with E-state index in [0.717, 1.165) is 31.9 Å². The zero-order valence-corrected chi connectivity index (χ0v) is 10.2. The van der Waals surface area contributed by atoms with Crippen molar-refractivity contribution >= 4 is 5.69 Å². The van der Waals surface area contributed by atoms with Crippen molar-refractivity contribution in [3.05, 3.63) is 12.1 Å². The van der Waals surface area contributed by atoms with Gasteiger partial charge in [-0.05, 0) is 12.1 Å². The Bertz CT molecular complexity index is 390. The van der Waals surface area contributed by atoms with Crippen LogP contribution < -0.4 is 19.7 Å². The van der Waals surface area contributed by atoms with E-state index in [1.54, 1.807) is 13.2 Å². The molecule has 0 spiro atoms. The molecule has 17 heavy (non-hydrogen) atoms. The second-order valence-corrected chi connectivity index (χ2v) is 3.91. The minimum Gasteiger partial charge on any atom is -0.504 e. The zero-order chi connectivity index (χ0) is 12.3. The molecule has 0 radical (unpaired) electrons. The SMILES string of the molecule is COc1c(O)ccc(N2CCNCC2)c1OC. The number of phenolic OH excluding ortho intramolecular Hbond substituents is 1. The molecule has 5 heteroatoms. The molecule has 2 N–H and O–H groups in total. The molecule has 5 nitrogen and oxygen atoms in total. The van der Waals surface area contributed by atoms with Gasteiger partial charge in [0.05, 0.1) is 19.9 Å². The highest BCUT2D eigenvalue weighted by Gasteiger charge is 2.20. The van der Waals surface area contributed by atoms with E-state index in [2.05, 4.69) is 10.2 Å². The van der Waals surface area contributed by atoms with Crippen molar-refractivity contribution in [1.82, 2.24) is 5.32 Å². The van der Waals surface area contributed by atoms with Gasteiger partial charge in [0.2, 0.25) is 5.75 Å². The Kier molecular flexibility index (Phi) is 3.58. The smallest absolute Gasteiger partial charge is 0.205 e. The lowest BCUT2D eigenvalue weighted by atomic mass is 10.2. The molecule has 0 unspecified atom stereocenters. The Morgan fingerprint density at radius 1 is 1.12 bits per heavy atom. The van der Waals surface area contributed by atoms with Crippen LogP contribution in [0.4, 0.5) is 5.69 Å². The molecule has 1 heterocycles. The highest BCUT2D eigenvalue weighted by Crippen LogP contribution is 2.43. The van der Waals surface area contributed by atoms with E-state index in [1.807, 2.05) is 6.07 Å². The summed E-state index contributed by atoms with van der Waals surface area (Å²) in [5, 5.41) is 13.0. The predicted octanol–water partition coefficient (Wildman–Crippen LogP) is 0.819. The second-order valence-electron chi connectivity index (χ2n) is 3.91. The fourth-order valence-electron chi connectivity index (χ4n) is 2.09. The van der Waals surface area contributed by atoms with Crippen LogP contribution in [0, 0.1) is 0 Å². The maximum absolute atomic E-state index is 9.71. The number of nitrogens with one attached hydrogen (secondary N) is 1. The molecule has 0 aliphatic carbocycles. The molecule has 1 saturated heterocycles. The lowest BCUT2D eigenvalue weighted by Crippen LogP contribution is -2.43. The number of piperazine rings is 1. The molecule has 0 amide bonds. The Balaban J connectivity index is 2.38. The maximum atomic E-state index is 9.71. The summed E-state index contributed by atoms with van der Waals surface area (Å²) in [4.78, 5) is 2.22. The van der Waals surface area contributed by atoms with E-state index in [9.17, 15) is 5.11 Å². The lowest BCUT2D eigenvalue weighted by Gasteiger charge is -2.31. The number of aromatic hydroxyl groups is 1. The van der Waals surface area contributed by atoms with E-state index in [0.29, 0.717) is 11.5 Å². The zero-order valence-electron chi connectivity index (χ0n) is 10.2. The molecule has 1 aromatic rings. The van der Waals surface area contributed by atoms with E-state index in [-0.39, 0.29) is 5.75 Å². The molecule has 0 saturated carbocycles. The van der Waals surface area contributed by atoms with Crippen molar-refractivity contribution in [3.63, 3.8) is 0 Å². The first-order valence-electron chi connectivity index (χ1n) is 5.67. The van der Waals surface area contributed by atoms with Gasteiger partial charge in [-0.1, -0.05) is 0 Å². The molecule has 2 rings (SSSR count). The first-order valence-corrected chi connectivity index (χ1v) is 5.67. The topological polar surface area (TPSA) is 54.0 Å². The Morgan fingerprint density at radius 3 is 2.35 bits per heavy atom. The molecular formula is C12H18N2O3. The van der Waals surface area contributed by atoms with Gasteiger partial charge in [-0.3, -0.25) is 0 Å². The fourth-order valence-corrected chi connectivity index (χ4v) is 2.09. The Hall–Kier alpha value is -1.62. The van der Waals surface area contributed by atoms with Gasteiger partial charge in [0, 0.05) is 26.2 Å². The van der Waals surface area contributed by atoms with Crippen molar-refractivity contribution in [2.45, 2.75) is 0 Å². The summed E-state index contributed by atoms with van der Waals surface area (Å²) in [5.41, 5.74) is 0.962. The van der Waals surface area contributed by atoms with Gasteiger partial charge in [0.15, 0.2) is 11.5 Å². The van der Waals surface area contributed by atoms with Crippen LogP contribution in [-0.2, 0) is 0 Å². The number of benzene rings is 1. The average molecular weight is 238 g/mol. The molecular weight excluding hydrogens is 220 g/mol. The van der Waals surface area contributed by atoms with Gasteiger partial charge in [-0.15, -0.1) is 0 Å². The van der Waals surface area contributed by atoms with Crippen LogP contribution in [0.1, 0.15) is 0 Å². The number of nitrogens with zero attached hydrogens (tertiary/aromatic N) is 1. The minimum atomic E-state index is 0.100. The largest absolute Gasteiger partial charge is 0.504 e. The van der Waals surface area contributed by atoms with Crippen molar-refractivity contribution in [3.8, 4) is 17.2 Å². The van der Waals surface area contributed by atoms with Crippen LogP contribution in [0.5, 0.6) is 17.2 Å². The number of rotatable bonds is 3. The molecule has 1 aliphatic heterocycles. The summed E-state index contributed by atoms with van der Waals surface area (Å²) in [7, 11) is 3.11. The van der Waals surface area contributed by atoms with Crippen LogP contribution in [0.25, 0.3) is 0 Å². The van der Waals surface area contributed by atoms with E-state index in [4.69, 9.17) is 9.47 Å². The third-order valence-corrected chi connectivity index (χ3v) is 2.94. The summed E-state index contributed by atoms with van der Waals surface area (Å²) in [6, 6.07) is 3.50. The monoisotopic (exact) mass is 238 g/mol. The summed E-state index contributed by atoms with van der Waals surface area (Å²) in [6.07, 6.45) is 0. The first-order chi connectivity index (χ1) is 8.27. The van der Waals surface area contributed by atoms with Crippen molar-refractivity contribution in [1.29, 1.82) is 0 Å². The van der Waals surface area contributed by atoms with Crippen LogP contribution in [0.2, 0.25) is 0 Å². The molecule has 0 atom stereocenters. The van der Waals surface area contributed by atoms with Gasteiger partial charge in [0.1, 0.15) is 0 Å². The lowest BCUT2D eigenvalue weighted by molar-refractivity contribution is 0.333. The highest BCUT2D eigenvalue weighted by molar-refractivity contribution is 5.69. The average Bonchev–Trinajstić information content (AvgIpc) is 2.39. The van der Waals surface area contributed by atoms with Gasteiger partial charge >= 0.3 is 0 Å². The van der Waals surface area contributed by atoms with Crippen LogP contribution in [-0.4, -0.2) is 45.5 Å². The standard InChI is InChI=1S/C12H18N2O3/c1-16-11-9(14-7-5-13-6-8-14)3-4-10(15)12(11)17-2/h3-4,13,15H,5-8H2,1-2H3. The summed E-state index contributed by atoms with van der Waals surface area (Å²) in [5.74, 6) is 1.08. The van der Waals surface area contributed by atoms with Crippen molar-refractivity contribution in [2.75, 3.05) is 45.3 Å². The summed E-state index contributed by atoms with van der Waals surface area (Å²) in [6.45, 7) is 3.74. The minimum absolute atomic E-state index is 0.100. The molecule has 1 aliphatic rings. The predicted molar refractivity (Wildman–Crippen MR) is 66.3 cm³/mol. The Morgan fingerprint density at radius 2 is 1.76 bits per heavy atom. The van der Waals surface area contributed by atoms with Crippen LogP contribution >= 0.6 is 0 Å². The summed E-state index contributed by atoms with van der Waals surface area (Å²) < 4.78 is 10.5. The molecule has 94 valence electrons. The van der Waals surface area contributed by atoms with E-state index >= 15 is 0 Å². The van der Waals surface area contributed by atoms with Gasteiger partial charge in [-0.25, -0.2) is 0 Å². The Labute approximate surface area is 101 Å². The third-order valence-electron chi connectivity index (χ3n) is 2.94. The number of phenols is 1. The third kappa shape index (κ3) is 2.24. The van der Waals surface area contributed by atoms with Gasteiger partial charge in [0.25, 0.3) is 0 Å². The van der Waals surface area contributed by atoms with Crippen LogP contribution in [0.15, 0.2) is 12.1 Å². The van der Waals surface area contributed by atoms with E-state index < -0.39 is 0 Å². The van der Waals surface area contributed by atoms with Crippen molar-refractivity contribution in [2.24, 2.45) is 0 Å². The van der Waals surface area contributed by atoms with Crippen LogP contribution in [0.3, 0.4) is 0 Å². The summed E-state index contributed by atoms with van der Waals surface area (Å²) >= 11 is 0. The first kappa shape index (κ1) is 11.9. The number of hydrogen-bond acceptors (Lipinski definition) is 5. The number of methoxy groups -OCH3 is 2. The molecule has 1 aromatic carbocycles. The number of hydrogen-bond donors (Lipinski definition) is 2. The van der Waals surface area contributed by atoms with Crippen molar-refractivity contribution < 1.29 is 14.6 Å². The number of ether oxygens (including phenoxy) is 2. The van der Waals surface area contributed by atoms with Gasteiger partial charge in [-0.2, -0.15) is 0 Å². The van der Waals surface area contributed by atoms with Gasteiger partial charge < -0.3 is 24.8 Å². The fraction of sp³-hybridized carbons (Fsp3) is 0.500. The second kappa shape index (κ2) is 5.14. The molecule has 0 aromatic heterocycles. The molecule has 0 bridgehead atoms. The van der Waals surface area contributed by atoms with E-state index in [1.165, 1.54) is 7.11 Å².